The summed E-state index contributed by atoms with van der Waals surface area (Å²) in [5.74, 6) is 1.91. The van der Waals surface area contributed by atoms with Crippen LogP contribution in [0.4, 0.5) is 11.6 Å². The fraction of sp³-hybridized carbons (Fsp3) is 0.391. The van der Waals surface area contributed by atoms with E-state index in [1.165, 1.54) is 0 Å². The topological polar surface area (TPSA) is 85.4 Å². The Labute approximate surface area is 187 Å². The first-order valence-electron chi connectivity index (χ1n) is 10.8. The Bertz CT molecular complexity index is 1230. The zero-order valence-corrected chi connectivity index (χ0v) is 18.9. The highest BCUT2D eigenvalue weighted by Gasteiger charge is 2.28. The van der Waals surface area contributed by atoms with Crippen molar-refractivity contribution >= 4 is 17.2 Å². The molecule has 9 heteroatoms. The zero-order valence-electron chi connectivity index (χ0n) is 18.9. The zero-order chi connectivity index (χ0) is 22.2. The SMILES string of the molecule is Cc1cnc(Nc2cc3cc(-c4c(CO[C@H]5CN(C)C[C@@H]5C)cnn4C)ccn3n2)cn1. The van der Waals surface area contributed by atoms with Gasteiger partial charge >= 0.3 is 0 Å². The van der Waals surface area contributed by atoms with Gasteiger partial charge in [-0.05, 0) is 32.0 Å². The molecule has 0 saturated carbocycles. The molecule has 4 aromatic heterocycles. The number of anilines is 2. The second-order valence-corrected chi connectivity index (χ2v) is 8.67. The molecule has 1 aliphatic rings. The molecule has 1 fully saturated rings. The largest absolute Gasteiger partial charge is 0.372 e. The van der Waals surface area contributed by atoms with Gasteiger partial charge in [-0.25, -0.2) is 9.50 Å². The Hall–Kier alpha value is -3.30. The summed E-state index contributed by atoms with van der Waals surface area (Å²) in [6.07, 6.45) is 7.55. The molecule has 0 bridgehead atoms. The average molecular weight is 433 g/mol. The van der Waals surface area contributed by atoms with Crippen LogP contribution in [0.2, 0.25) is 0 Å². The van der Waals surface area contributed by atoms with E-state index in [2.05, 4.69) is 56.5 Å². The molecular weight excluding hydrogens is 404 g/mol. The lowest BCUT2D eigenvalue weighted by Gasteiger charge is -2.16. The molecule has 5 heterocycles. The van der Waals surface area contributed by atoms with Crippen molar-refractivity contribution in [2.24, 2.45) is 13.0 Å². The van der Waals surface area contributed by atoms with Gasteiger partial charge in [0.25, 0.3) is 0 Å². The fourth-order valence-corrected chi connectivity index (χ4v) is 4.34. The summed E-state index contributed by atoms with van der Waals surface area (Å²) in [4.78, 5) is 10.9. The van der Waals surface area contributed by atoms with Gasteiger partial charge in [-0.15, -0.1) is 0 Å². The standard InChI is InChI=1S/C23H28N8O/c1-15-12-29(3)13-20(15)32-14-18-10-26-30(4)23(18)17-5-6-31-19(7-17)8-21(28-31)27-22-11-24-16(2)9-25-22/h5-11,15,20H,12-14H2,1-4H3,(H,25,27,28)/t15-,20-/m0/s1. The van der Waals surface area contributed by atoms with Crippen molar-refractivity contribution in [3.8, 4) is 11.3 Å². The van der Waals surface area contributed by atoms with Crippen LogP contribution in [0.3, 0.4) is 0 Å². The lowest BCUT2D eigenvalue weighted by atomic mass is 10.1. The minimum absolute atomic E-state index is 0.254. The maximum atomic E-state index is 6.28. The molecule has 0 aromatic carbocycles. The van der Waals surface area contributed by atoms with Crippen LogP contribution in [-0.4, -0.2) is 60.5 Å². The third-order valence-corrected chi connectivity index (χ3v) is 5.97. The Morgan fingerprint density at radius 3 is 2.72 bits per heavy atom. The van der Waals surface area contributed by atoms with Gasteiger partial charge in [0.1, 0.15) is 5.82 Å². The molecule has 166 valence electrons. The quantitative estimate of drug-likeness (QED) is 0.501. The molecule has 0 radical (unpaired) electrons. The molecule has 5 rings (SSSR count). The van der Waals surface area contributed by atoms with Crippen LogP contribution in [0.25, 0.3) is 16.8 Å². The number of likely N-dealkylation sites (N-methyl/N-ethyl adjacent to an activating group) is 1. The van der Waals surface area contributed by atoms with Gasteiger partial charge in [-0.3, -0.25) is 9.67 Å². The van der Waals surface area contributed by atoms with Crippen molar-refractivity contribution in [2.75, 3.05) is 25.5 Å². The molecule has 2 atom stereocenters. The van der Waals surface area contributed by atoms with Crippen molar-refractivity contribution in [3.05, 3.63) is 54.2 Å². The minimum atomic E-state index is 0.254. The Balaban J connectivity index is 1.37. The number of aryl methyl sites for hydroxylation is 2. The van der Waals surface area contributed by atoms with E-state index in [4.69, 9.17) is 4.74 Å². The summed E-state index contributed by atoms with van der Waals surface area (Å²) in [5, 5.41) is 12.3. The number of pyridine rings is 1. The fourth-order valence-electron chi connectivity index (χ4n) is 4.34. The molecule has 0 unspecified atom stereocenters. The summed E-state index contributed by atoms with van der Waals surface area (Å²) in [6, 6.07) is 6.17. The molecule has 1 N–H and O–H groups in total. The third kappa shape index (κ3) is 4.09. The predicted octanol–water partition coefficient (Wildman–Crippen LogP) is 3.04. The second kappa shape index (κ2) is 8.33. The molecule has 0 aliphatic carbocycles. The van der Waals surface area contributed by atoms with Crippen LogP contribution in [0.1, 0.15) is 18.2 Å². The highest BCUT2D eigenvalue weighted by atomic mass is 16.5. The van der Waals surface area contributed by atoms with E-state index in [1.807, 2.05) is 41.6 Å². The van der Waals surface area contributed by atoms with Crippen molar-refractivity contribution < 1.29 is 4.74 Å². The number of rotatable bonds is 6. The van der Waals surface area contributed by atoms with Crippen LogP contribution in [-0.2, 0) is 18.4 Å². The highest BCUT2D eigenvalue weighted by Crippen LogP contribution is 2.28. The maximum absolute atomic E-state index is 6.28. The first kappa shape index (κ1) is 20.6. The molecule has 9 nitrogen and oxygen atoms in total. The number of nitrogens with zero attached hydrogens (tertiary/aromatic N) is 7. The number of aromatic nitrogens is 6. The first-order chi connectivity index (χ1) is 15.5. The Morgan fingerprint density at radius 1 is 1.09 bits per heavy atom. The van der Waals surface area contributed by atoms with Gasteiger partial charge in [0, 0.05) is 43.5 Å². The smallest absolute Gasteiger partial charge is 0.154 e. The van der Waals surface area contributed by atoms with E-state index in [-0.39, 0.29) is 6.10 Å². The van der Waals surface area contributed by atoms with Gasteiger partial charge in [0.15, 0.2) is 5.82 Å². The van der Waals surface area contributed by atoms with Crippen molar-refractivity contribution in [1.29, 1.82) is 0 Å². The van der Waals surface area contributed by atoms with Crippen LogP contribution in [0, 0.1) is 12.8 Å². The lowest BCUT2D eigenvalue weighted by Crippen LogP contribution is -2.21. The summed E-state index contributed by atoms with van der Waals surface area (Å²) in [7, 11) is 4.11. The maximum Gasteiger partial charge on any atom is 0.154 e. The number of hydrogen-bond donors (Lipinski definition) is 1. The van der Waals surface area contributed by atoms with Crippen molar-refractivity contribution in [3.63, 3.8) is 0 Å². The van der Waals surface area contributed by atoms with Crippen molar-refractivity contribution in [2.45, 2.75) is 26.6 Å². The van der Waals surface area contributed by atoms with E-state index in [0.29, 0.717) is 24.2 Å². The van der Waals surface area contributed by atoms with Crippen LogP contribution in [0.5, 0.6) is 0 Å². The minimum Gasteiger partial charge on any atom is -0.372 e. The number of ether oxygens (including phenoxy) is 1. The monoisotopic (exact) mass is 432 g/mol. The summed E-state index contributed by atoms with van der Waals surface area (Å²) in [5.41, 5.74) is 5.08. The van der Waals surface area contributed by atoms with Crippen LogP contribution in [0.15, 0.2) is 43.0 Å². The van der Waals surface area contributed by atoms with Crippen LogP contribution >= 0.6 is 0 Å². The average Bonchev–Trinajstić information content (AvgIpc) is 3.43. The van der Waals surface area contributed by atoms with E-state index in [1.54, 1.807) is 12.4 Å². The summed E-state index contributed by atoms with van der Waals surface area (Å²) >= 11 is 0. The molecule has 32 heavy (non-hydrogen) atoms. The normalized spacial score (nSPS) is 19.1. The van der Waals surface area contributed by atoms with Crippen LogP contribution < -0.4 is 5.32 Å². The van der Waals surface area contributed by atoms with E-state index in [0.717, 1.165) is 41.1 Å². The van der Waals surface area contributed by atoms with E-state index >= 15 is 0 Å². The number of likely N-dealkylation sites (tertiary alicyclic amines) is 1. The van der Waals surface area contributed by atoms with Gasteiger partial charge < -0.3 is 15.0 Å². The van der Waals surface area contributed by atoms with Gasteiger partial charge in [-0.1, -0.05) is 6.92 Å². The van der Waals surface area contributed by atoms with Gasteiger partial charge in [-0.2, -0.15) is 10.2 Å². The number of fused-ring (bicyclic) bond motifs is 1. The molecule has 0 spiro atoms. The predicted molar refractivity (Wildman–Crippen MR) is 123 cm³/mol. The number of hydrogen-bond acceptors (Lipinski definition) is 7. The first-order valence-corrected chi connectivity index (χ1v) is 10.8. The third-order valence-electron chi connectivity index (χ3n) is 5.97. The number of nitrogens with one attached hydrogen (secondary N) is 1. The van der Waals surface area contributed by atoms with Crippen molar-refractivity contribution in [1.82, 2.24) is 34.3 Å². The molecule has 1 aliphatic heterocycles. The van der Waals surface area contributed by atoms with E-state index < -0.39 is 0 Å². The summed E-state index contributed by atoms with van der Waals surface area (Å²) in [6.45, 7) is 6.76. The van der Waals surface area contributed by atoms with Gasteiger partial charge in [0.05, 0.1) is 48.2 Å². The highest BCUT2D eigenvalue weighted by molar-refractivity contribution is 5.71. The Kier molecular flexibility index (Phi) is 5.36. The van der Waals surface area contributed by atoms with E-state index in [9.17, 15) is 0 Å². The molecule has 4 aromatic rings. The van der Waals surface area contributed by atoms with Gasteiger partial charge in [0.2, 0.25) is 0 Å². The molecular formula is C23H28N8O. The second-order valence-electron chi connectivity index (χ2n) is 8.67. The Morgan fingerprint density at radius 2 is 1.97 bits per heavy atom. The lowest BCUT2D eigenvalue weighted by molar-refractivity contribution is 0.0273. The molecule has 1 saturated heterocycles. The molecule has 0 amide bonds. The summed E-state index contributed by atoms with van der Waals surface area (Å²) < 4.78 is 10.0.